The third-order valence-corrected chi connectivity index (χ3v) is 3.46. The highest BCUT2D eigenvalue weighted by atomic mass is 16.5. The maximum atomic E-state index is 10.1. The Labute approximate surface area is 97.3 Å². The minimum atomic E-state index is -0.313. The molecule has 0 amide bonds. The van der Waals surface area contributed by atoms with Crippen LogP contribution in [0.3, 0.4) is 0 Å². The number of hydrogen-bond acceptors (Lipinski definition) is 2. The molecule has 0 bridgehead atoms. The fourth-order valence-corrected chi connectivity index (χ4v) is 2.65. The molecule has 0 aliphatic heterocycles. The topological polar surface area (TPSA) is 29.5 Å². The van der Waals surface area contributed by atoms with Gasteiger partial charge in [-0.2, -0.15) is 0 Å². The van der Waals surface area contributed by atoms with E-state index in [9.17, 15) is 5.11 Å². The van der Waals surface area contributed by atoms with Gasteiger partial charge >= 0.3 is 0 Å². The molecule has 0 spiro atoms. The van der Waals surface area contributed by atoms with Crippen LogP contribution in [0.2, 0.25) is 0 Å². The van der Waals surface area contributed by atoms with E-state index < -0.39 is 0 Å². The summed E-state index contributed by atoms with van der Waals surface area (Å²) in [5.41, 5.74) is 3.50. The number of aryl methyl sites for hydroxylation is 1. The van der Waals surface area contributed by atoms with Crippen LogP contribution in [0.25, 0.3) is 0 Å². The van der Waals surface area contributed by atoms with Gasteiger partial charge in [0.05, 0.1) is 12.7 Å². The average Bonchev–Trinajstić information content (AvgIpc) is 2.26. The molecule has 1 aromatic carbocycles. The zero-order valence-corrected chi connectivity index (χ0v) is 10.3. The molecule has 0 heterocycles. The van der Waals surface area contributed by atoms with Crippen LogP contribution in [-0.2, 0) is 0 Å². The molecule has 0 saturated carbocycles. The van der Waals surface area contributed by atoms with Crippen molar-refractivity contribution < 1.29 is 9.84 Å². The number of hydrogen-bond donors (Lipinski definition) is 1. The quantitative estimate of drug-likeness (QED) is 0.828. The molecular weight excluding hydrogens is 200 g/mol. The van der Waals surface area contributed by atoms with Crippen molar-refractivity contribution in [2.75, 3.05) is 6.61 Å². The Hall–Kier alpha value is -1.02. The molecule has 1 aliphatic carbocycles. The first-order chi connectivity index (χ1) is 7.65. The molecule has 1 N–H and O–H groups in total. The summed E-state index contributed by atoms with van der Waals surface area (Å²) in [6.45, 7) is 6.96. The summed E-state index contributed by atoms with van der Waals surface area (Å²) in [5, 5.41) is 10.1. The maximum Gasteiger partial charge on any atom is 0.123 e. The van der Waals surface area contributed by atoms with E-state index >= 15 is 0 Å². The van der Waals surface area contributed by atoms with E-state index in [1.54, 1.807) is 0 Å². The molecule has 0 fully saturated rings. The van der Waals surface area contributed by atoms with Crippen LogP contribution < -0.4 is 4.74 Å². The molecular formula is C14H20O2. The Kier molecular flexibility index (Phi) is 3.20. The van der Waals surface area contributed by atoms with Crippen molar-refractivity contribution in [1.29, 1.82) is 0 Å². The van der Waals surface area contributed by atoms with Crippen molar-refractivity contribution in [1.82, 2.24) is 0 Å². The van der Waals surface area contributed by atoms with E-state index in [1.165, 1.54) is 11.1 Å². The molecule has 2 heteroatoms. The molecule has 1 aliphatic rings. The van der Waals surface area contributed by atoms with Gasteiger partial charge in [-0.15, -0.1) is 0 Å². The summed E-state index contributed by atoms with van der Waals surface area (Å²) >= 11 is 0. The van der Waals surface area contributed by atoms with E-state index in [0.717, 1.165) is 24.2 Å². The molecule has 2 unspecified atom stereocenters. The smallest absolute Gasteiger partial charge is 0.123 e. The molecule has 0 saturated heterocycles. The maximum absolute atomic E-state index is 10.1. The van der Waals surface area contributed by atoms with Crippen molar-refractivity contribution in [2.24, 2.45) is 0 Å². The predicted octanol–water partition coefficient (Wildman–Crippen LogP) is 3.32. The summed E-state index contributed by atoms with van der Waals surface area (Å²) in [4.78, 5) is 0. The van der Waals surface area contributed by atoms with Gasteiger partial charge < -0.3 is 9.84 Å². The lowest BCUT2D eigenvalue weighted by Crippen LogP contribution is -2.15. The van der Waals surface area contributed by atoms with Crippen LogP contribution in [0.1, 0.15) is 55.4 Å². The third kappa shape index (κ3) is 1.82. The number of benzene rings is 1. The van der Waals surface area contributed by atoms with Gasteiger partial charge in [0, 0.05) is 5.56 Å². The fourth-order valence-electron chi connectivity index (χ4n) is 2.65. The summed E-state index contributed by atoms with van der Waals surface area (Å²) in [7, 11) is 0. The number of fused-ring (bicyclic) bond motifs is 1. The minimum absolute atomic E-state index is 0.313. The summed E-state index contributed by atoms with van der Waals surface area (Å²) in [5.74, 6) is 1.44. The van der Waals surface area contributed by atoms with Gasteiger partial charge in [0.15, 0.2) is 0 Å². The highest BCUT2D eigenvalue weighted by molar-refractivity contribution is 5.49. The molecule has 2 rings (SSSR count). The van der Waals surface area contributed by atoms with Gasteiger partial charge in [0.1, 0.15) is 5.75 Å². The van der Waals surface area contributed by atoms with Crippen molar-refractivity contribution in [3.8, 4) is 5.75 Å². The van der Waals surface area contributed by atoms with E-state index in [0.29, 0.717) is 12.5 Å². The SMILES string of the molecule is CCOc1ccc(C)c2c1C(C)CCC2O. The zero-order chi connectivity index (χ0) is 11.7. The molecule has 2 nitrogen and oxygen atoms in total. The first-order valence-electron chi connectivity index (χ1n) is 6.09. The van der Waals surface area contributed by atoms with Crippen LogP contribution in [0.4, 0.5) is 0 Å². The van der Waals surface area contributed by atoms with E-state index in [2.05, 4.69) is 13.8 Å². The second kappa shape index (κ2) is 4.46. The van der Waals surface area contributed by atoms with Crippen molar-refractivity contribution in [3.05, 3.63) is 28.8 Å². The zero-order valence-electron chi connectivity index (χ0n) is 10.3. The fraction of sp³-hybridized carbons (Fsp3) is 0.571. The van der Waals surface area contributed by atoms with Crippen LogP contribution >= 0.6 is 0 Å². The van der Waals surface area contributed by atoms with Crippen molar-refractivity contribution >= 4 is 0 Å². The largest absolute Gasteiger partial charge is 0.494 e. The van der Waals surface area contributed by atoms with Gasteiger partial charge in [-0.25, -0.2) is 0 Å². The highest BCUT2D eigenvalue weighted by Crippen LogP contribution is 2.43. The molecule has 0 radical (unpaired) electrons. The Morgan fingerprint density at radius 2 is 2.06 bits per heavy atom. The van der Waals surface area contributed by atoms with Crippen molar-refractivity contribution in [2.45, 2.75) is 45.6 Å². The number of aliphatic hydroxyl groups is 1. The van der Waals surface area contributed by atoms with Crippen LogP contribution in [-0.4, -0.2) is 11.7 Å². The lowest BCUT2D eigenvalue weighted by atomic mass is 9.80. The van der Waals surface area contributed by atoms with Crippen molar-refractivity contribution in [3.63, 3.8) is 0 Å². The summed E-state index contributed by atoms with van der Waals surface area (Å²) in [6, 6.07) is 4.08. The number of aliphatic hydroxyl groups excluding tert-OH is 1. The Bertz CT molecular complexity index is 385. The van der Waals surface area contributed by atoms with E-state index in [1.807, 2.05) is 19.1 Å². The number of ether oxygens (including phenoxy) is 1. The van der Waals surface area contributed by atoms with Crippen LogP contribution in [0.15, 0.2) is 12.1 Å². The van der Waals surface area contributed by atoms with Gasteiger partial charge in [-0.05, 0) is 49.8 Å². The minimum Gasteiger partial charge on any atom is -0.494 e. The highest BCUT2D eigenvalue weighted by Gasteiger charge is 2.27. The summed E-state index contributed by atoms with van der Waals surface area (Å²) < 4.78 is 5.67. The van der Waals surface area contributed by atoms with Gasteiger partial charge in [0.25, 0.3) is 0 Å². The molecule has 88 valence electrons. The van der Waals surface area contributed by atoms with E-state index in [-0.39, 0.29) is 6.10 Å². The second-order valence-electron chi connectivity index (χ2n) is 4.64. The standard InChI is InChI=1S/C14H20O2/c1-4-16-12-8-6-9(2)13-11(15)7-5-10(3)14(12)13/h6,8,10-11,15H,4-5,7H2,1-3H3. The summed E-state index contributed by atoms with van der Waals surface area (Å²) in [6.07, 6.45) is 1.59. The first kappa shape index (κ1) is 11.5. The normalized spacial score (nSPS) is 24.0. The van der Waals surface area contributed by atoms with E-state index in [4.69, 9.17) is 4.74 Å². The van der Waals surface area contributed by atoms with Crippen LogP contribution in [0, 0.1) is 6.92 Å². The van der Waals surface area contributed by atoms with Crippen LogP contribution in [0.5, 0.6) is 5.75 Å². The Morgan fingerprint density at radius 1 is 1.31 bits per heavy atom. The molecule has 16 heavy (non-hydrogen) atoms. The van der Waals surface area contributed by atoms with Gasteiger partial charge in [-0.1, -0.05) is 13.0 Å². The Morgan fingerprint density at radius 3 is 2.75 bits per heavy atom. The number of rotatable bonds is 2. The second-order valence-corrected chi connectivity index (χ2v) is 4.64. The van der Waals surface area contributed by atoms with Gasteiger partial charge in [0.2, 0.25) is 0 Å². The first-order valence-corrected chi connectivity index (χ1v) is 6.09. The van der Waals surface area contributed by atoms with Gasteiger partial charge in [-0.3, -0.25) is 0 Å². The average molecular weight is 220 g/mol. The third-order valence-electron chi connectivity index (χ3n) is 3.46. The lowest BCUT2D eigenvalue weighted by molar-refractivity contribution is 0.149. The predicted molar refractivity (Wildman–Crippen MR) is 65.0 cm³/mol. The molecule has 0 aromatic heterocycles. The lowest BCUT2D eigenvalue weighted by Gasteiger charge is -2.30. The molecule has 1 aromatic rings. The Balaban J connectivity index is 2.55. The molecule has 2 atom stereocenters. The monoisotopic (exact) mass is 220 g/mol.